The molecule has 2 aliphatic heterocycles. The zero-order valence-electron chi connectivity index (χ0n) is 44.7. The SMILES string of the molecule is CCC[N+]1=C(/C=C/C(=C/CC2N(CCCS(=O)(=O)O)c3ccc4c(S(=O)(=O)O)cc(S(=O)(=O)O)cc4c3C2(C)C)c2ccc(C(=O)NCc3ccc(NS(=O)[O-])cc3)cn2)C(C)(C)c2c1ccc1c(C)cc(S(=O)(=O)O)cc21.O=S(=O)=O. The van der Waals surface area contributed by atoms with Crippen LogP contribution in [0.1, 0.15) is 92.2 Å². The van der Waals surface area contributed by atoms with Crippen molar-refractivity contribution in [3.8, 4) is 0 Å². The van der Waals surface area contributed by atoms with Crippen LogP contribution in [0.4, 0.5) is 17.1 Å². The second kappa shape index (κ2) is 23.9. The fourth-order valence-corrected chi connectivity index (χ4v) is 13.6. The Hall–Kier alpha value is -6.64. The van der Waals surface area contributed by atoms with Crippen molar-refractivity contribution in [3.05, 3.63) is 143 Å². The van der Waals surface area contributed by atoms with Gasteiger partial charge >= 0.3 is 10.6 Å². The first-order valence-electron chi connectivity index (χ1n) is 24.9. The molecule has 0 fully saturated rings. The molecule has 0 bridgehead atoms. The summed E-state index contributed by atoms with van der Waals surface area (Å²) in [5, 5.41) is 4.31. The van der Waals surface area contributed by atoms with E-state index in [4.69, 9.17) is 17.6 Å². The Morgan fingerprint density at radius 2 is 1.39 bits per heavy atom. The van der Waals surface area contributed by atoms with Crippen LogP contribution in [0.25, 0.3) is 27.1 Å². The second-order valence-electron chi connectivity index (χ2n) is 20.5. The van der Waals surface area contributed by atoms with E-state index in [1.54, 1.807) is 49.4 Å². The molecule has 0 saturated heterocycles. The summed E-state index contributed by atoms with van der Waals surface area (Å²) in [7, 11) is -22.2. The molecule has 0 radical (unpaired) electrons. The largest absolute Gasteiger partial charge is 0.755 e. The lowest BCUT2D eigenvalue weighted by atomic mass is 9.77. The number of hydrogen-bond donors (Lipinski definition) is 6. The summed E-state index contributed by atoms with van der Waals surface area (Å²) in [5.41, 5.74) is 4.39. The highest BCUT2D eigenvalue weighted by Crippen LogP contribution is 2.51. The topological polar surface area (TPSA) is 369 Å². The molecule has 0 aliphatic carbocycles. The summed E-state index contributed by atoms with van der Waals surface area (Å²) in [6.45, 7) is 12.2. The number of fused-ring (bicyclic) bond motifs is 6. The van der Waals surface area contributed by atoms with Crippen molar-refractivity contribution in [2.45, 2.75) is 98.9 Å². The highest BCUT2D eigenvalue weighted by atomic mass is 32.2. The van der Waals surface area contributed by atoms with Gasteiger partial charge < -0.3 is 19.5 Å². The lowest BCUT2D eigenvalue weighted by Gasteiger charge is -2.34. The molecule has 82 heavy (non-hydrogen) atoms. The first-order valence-corrected chi connectivity index (χ1v) is 32.9. The van der Waals surface area contributed by atoms with E-state index >= 15 is 0 Å². The van der Waals surface area contributed by atoms with Crippen LogP contribution < -0.4 is 14.9 Å². The van der Waals surface area contributed by atoms with E-state index in [0.29, 0.717) is 63.8 Å². The number of benzene rings is 5. The molecule has 6 N–H and O–H groups in total. The summed E-state index contributed by atoms with van der Waals surface area (Å²) in [6.07, 6.45) is 7.88. The first kappa shape index (κ1) is 63.0. The number of hydrogen-bond acceptors (Lipinski definition) is 16. The quantitative estimate of drug-likeness (QED) is 0.0209. The zero-order valence-corrected chi connectivity index (χ0v) is 49.6. The third-order valence-electron chi connectivity index (χ3n) is 14.4. The van der Waals surface area contributed by atoms with Gasteiger partial charge in [0.05, 0.1) is 32.2 Å². The van der Waals surface area contributed by atoms with Gasteiger partial charge in [-0.2, -0.15) is 38.2 Å². The molecule has 2 unspecified atom stereocenters. The summed E-state index contributed by atoms with van der Waals surface area (Å²) >= 11 is -2.51. The number of allylic oxidation sites excluding steroid dienone is 3. The van der Waals surface area contributed by atoms with Crippen LogP contribution in [-0.2, 0) is 79.7 Å². The minimum Gasteiger partial charge on any atom is -0.755 e. The zero-order chi connectivity index (χ0) is 60.7. The van der Waals surface area contributed by atoms with E-state index in [9.17, 15) is 65.4 Å². The molecule has 0 saturated carbocycles. The Bertz CT molecular complexity index is 4280. The average Bonchev–Trinajstić information content (AvgIpc) is 4.00. The highest BCUT2D eigenvalue weighted by Gasteiger charge is 2.47. The Kier molecular flexibility index (Phi) is 18.4. The van der Waals surface area contributed by atoms with Crippen molar-refractivity contribution < 1.29 is 82.6 Å². The van der Waals surface area contributed by atoms with Crippen molar-refractivity contribution in [2.24, 2.45) is 0 Å². The lowest BCUT2D eigenvalue weighted by Crippen LogP contribution is -2.42. The monoisotopic (exact) mass is 1240 g/mol. The number of nitrogens with zero attached hydrogens (tertiary/aromatic N) is 3. The minimum atomic E-state index is -5.07. The van der Waals surface area contributed by atoms with Gasteiger partial charge in [0.2, 0.25) is 5.69 Å². The summed E-state index contributed by atoms with van der Waals surface area (Å²) in [4.78, 5) is 18.3. The van der Waals surface area contributed by atoms with Crippen LogP contribution in [0, 0.1) is 6.92 Å². The molecule has 0 spiro atoms. The fraction of sp³-hybridized carbons (Fsp3) is 0.302. The Labute approximate surface area is 478 Å². The summed E-state index contributed by atoms with van der Waals surface area (Å²) in [5.74, 6) is -1.07. The number of carbonyl (C=O) groups excluding carboxylic acids is 1. The van der Waals surface area contributed by atoms with Crippen LogP contribution in [0.3, 0.4) is 0 Å². The van der Waals surface area contributed by atoms with Gasteiger partial charge in [-0.3, -0.25) is 32.2 Å². The van der Waals surface area contributed by atoms with Crippen molar-refractivity contribution in [1.82, 2.24) is 10.3 Å². The number of aromatic nitrogens is 1. The predicted octanol–water partition coefficient (Wildman–Crippen LogP) is 6.83. The molecule has 438 valence electrons. The summed E-state index contributed by atoms with van der Waals surface area (Å²) in [6, 6.07) is 20.6. The Balaban J connectivity index is 0.00000234. The molecular formula is C53H57N5O18S6. The third-order valence-corrected chi connectivity index (χ3v) is 18.1. The minimum absolute atomic E-state index is 0.0295. The number of rotatable bonds is 19. The lowest BCUT2D eigenvalue weighted by molar-refractivity contribution is -0.437. The standard InChI is InChI=1S/C53H57N5O15S5.O3S/c1-7-23-57-44-19-16-39-32(2)26-37(76(65,66)67)27-41(39)49(44)52(3,4)47(57)21-12-34(43-18-11-35(31-54-43)51(59)55-30-33-9-14-36(15-10-33)56-74(60)61)13-22-48-53(5,6)50-42-28-38(77(68,69)70)29-46(78(71,72)73)40(42)17-20-45(50)58(48)24-8-25-75(62,63)64;1-4(2)3/h9-21,26-29,31,48,56H,7-8,22-25,30H2,1-6H3,(H5-,55,59,60,61,62,63,64,65,66,67,68,69,70,71,72,73);/b21-12+,34-13-;. The van der Waals surface area contributed by atoms with E-state index in [1.165, 1.54) is 24.4 Å². The molecule has 8 rings (SSSR count). The fourth-order valence-electron chi connectivity index (χ4n) is 10.9. The van der Waals surface area contributed by atoms with Crippen molar-refractivity contribution in [2.75, 3.05) is 28.5 Å². The smallest absolute Gasteiger partial charge is 0.425 e. The maximum atomic E-state index is 13.5. The van der Waals surface area contributed by atoms with Crippen molar-refractivity contribution in [1.29, 1.82) is 0 Å². The first-order chi connectivity index (χ1) is 38.0. The predicted molar refractivity (Wildman–Crippen MR) is 306 cm³/mol. The van der Waals surface area contributed by atoms with Crippen molar-refractivity contribution in [3.63, 3.8) is 0 Å². The number of carbonyl (C=O) groups is 1. The van der Waals surface area contributed by atoms with Crippen LogP contribution in [0.15, 0.2) is 124 Å². The molecular weight excluding hydrogens is 1190 g/mol. The highest BCUT2D eigenvalue weighted by molar-refractivity contribution is 7.87. The van der Waals surface area contributed by atoms with E-state index in [-0.39, 0.29) is 47.2 Å². The van der Waals surface area contributed by atoms with Crippen molar-refractivity contribution >= 4 is 118 Å². The van der Waals surface area contributed by atoms with E-state index in [2.05, 4.69) is 14.6 Å². The molecule has 2 aliphatic rings. The molecule has 1 aromatic heterocycles. The molecule has 23 nitrogen and oxygen atoms in total. The van der Waals surface area contributed by atoms with Gasteiger partial charge in [0.15, 0.2) is 5.71 Å². The molecule has 29 heteroatoms. The van der Waals surface area contributed by atoms with Crippen LogP contribution in [-0.4, -0.2) is 119 Å². The van der Waals surface area contributed by atoms with Gasteiger partial charge in [0.25, 0.3) is 46.4 Å². The van der Waals surface area contributed by atoms with Crippen LogP contribution in [0.5, 0.6) is 0 Å². The number of amides is 1. The third kappa shape index (κ3) is 13.9. The van der Waals surface area contributed by atoms with Gasteiger partial charge in [-0.1, -0.05) is 45.0 Å². The molecule has 2 atom stereocenters. The van der Waals surface area contributed by atoms with E-state index in [0.717, 1.165) is 28.4 Å². The van der Waals surface area contributed by atoms with E-state index in [1.807, 2.05) is 69.9 Å². The van der Waals surface area contributed by atoms with Gasteiger partial charge in [0.1, 0.15) is 11.4 Å². The van der Waals surface area contributed by atoms with Crippen LogP contribution >= 0.6 is 0 Å². The number of anilines is 2. The molecule has 3 heterocycles. The molecule has 6 aromatic rings. The van der Waals surface area contributed by atoms with Gasteiger partial charge in [0, 0.05) is 82.9 Å². The number of pyridine rings is 1. The van der Waals surface area contributed by atoms with Gasteiger partial charge in [-0.05, 0) is 139 Å². The number of nitrogens with one attached hydrogen (secondary N) is 2. The van der Waals surface area contributed by atoms with E-state index < -0.39 is 101 Å². The second-order valence-corrected chi connectivity index (χ2v) is 27.4. The normalized spacial score (nSPS) is 16.5. The molecule has 5 aromatic carbocycles. The Morgan fingerprint density at radius 3 is 1.95 bits per heavy atom. The maximum absolute atomic E-state index is 13.5. The maximum Gasteiger partial charge on any atom is 0.425 e. The Morgan fingerprint density at radius 1 is 0.780 bits per heavy atom. The molecule has 1 amide bonds. The summed E-state index contributed by atoms with van der Waals surface area (Å²) < 4.78 is 192. The van der Waals surface area contributed by atoms with Gasteiger partial charge in [-0.15, -0.1) is 12.6 Å². The number of aryl methyl sites for hydroxylation is 1. The average molecular weight is 1240 g/mol. The van der Waals surface area contributed by atoms with Crippen LogP contribution in [0.2, 0.25) is 0 Å². The van der Waals surface area contributed by atoms with Gasteiger partial charge in [-0.25, -0.2) is 0 Å².